The van der Waals surface area contributed by atoms with Crippen molar-refractivity contribution in [3.63, 3.8) is 0 Å². The van der Waals surface area contributed by atoms with Gasteiger partial charge in [0.2, 0.25) is 0 Å². The highest BCUT2D eigenvalue weighted by atomic mass is 35.5. The van der Waals surface area contributed by atoms with Crippen LogP contribution < -0.4 is 5.32 Å². The van der Waals surface area contributed by atoms with E-state index in [0.29, 0.717) is 38.3 Å². The second-order valence-corrected chi connectivity index (χ2v) is 8.36. The van der Waals surface area contributed by atoms with Crippen LogP contribution >= 0.6 is 23.2 Å². The van der Waals surface area contributed by atoms with Crippen LogP contribution in [-0.2, 0) is 6.54 Å². The van der Waals surface area contributed by atoms with E-state index in [1.807, 2.05) is 19.9 Å². The molecule has 0 aliphatic rings. The first-order valence-corrected chi connectivity index (χ1v) is 10.9. The molecule has 0 fully saturated rings. The van der Waals surface area contributed by atoms with E-state index in [1.54, 1.807) is 48.0 Å². The van der Waals surface area contributed by atoms with Gasteiger partial charge in [-0.15, -0.1) is 0 Å². The zero-order valence-electron chi connectivity index (χ0n) is 18.1. The number of anilines is 1. The van der Waals surface area contributed by atoms with Crippen LogP contribution in [0.25, 0.3) is 0 Å². The number of halogens is 2. The number of amides is 1. The van der Waals surface area contributed by atoms with Gasteiger partial charge in [-0.3, -0.25) is 14.3 Å². The van der Waals surface area contributed by atoms with E-state index >= 15 is 0 Å². The lowest BCUT2D eigenvalue weighted by Crippen LogP contribution is -2.18. The van der Waals surface area contributed by atoms with E-state index in [1.165, 1.54) is 6.07 Å². The van der Waals surface area contributed by atoms with Crippen molar-refractivity contribution in [3.8, 4) is 0 Å². The summed E-state index contributed by atoms with van der Waals surface area (Å²) < 4.78 is 6.99. The number of hydrogen-bond donors (Lipinski definition) is 1. The maximum Gasteiger partial charge on any atom is 0.278 e. The molecule has 7 nitrogen and oxygen atoms in total. The first-order valence-electron chi connectivity index (χ1n) is 10.1. The van der Waals surface area contributed by atoms with Crippen molar-refractivity contribution in [1.82, 2.24) is 14.9 Å². The summed E-state index contributed by atoms with van der Waals surface area (Å²) >= 11 is 12.4. The van der Waals surface area contributed by atoms with Crippen molar-refractivity contribution in [2.45, 2.75) is 27.3 Å². The Morgan fingerprint density at radius 2 is 1.79 bits per heavy atom. The van der Waals surface area contributed by atoms with E-state index in [-0.39, 0.29) is 23.6 Å². The fraction of sp³-hybridized carbons (Fsp3) is 0.167. The van der Waals surface area contributed by atoms with Crippen molar-refractivity contribution in [3.05, 3.63) is 98.1 Å². The largest absolute Gasteiger partial charge is 0.361 e. The summed E-state index contributed by atoms with van der Waals surface area (Å²) in [4.78, 5) is 26.2. The molecule has 0 aliphatic carbocycles. The zero-order chi connectivity index (χ0) is 23.7. The quantitative estimate of drug-likeness (QED) is 0.359. The number of carbonyl (C=O) groups is 2. The molecule has 0 spiro atoms. The third-order valence-corrected chi connectivity index (χ3v) is 6.09. The van der Waals surface area contributed by atoms with Gasteiger partial charge in [-0.05, 0) is 39.0 Å². The predicted octanol–water partition coefficient (Wildman–Crippen LogP) is 5.63. The molecule has 1 N–H and O–H groups in total. The Labute approximate surface area is 200 Å². The molecule has 33 heavy (non-hydrogen) atoms. The Morgan fingerprint density at radius 1 is 1.06 bits per heavy atom. The van der Waals surface area contributed by atoms with Crippen LogP contribution in [0, 0.1) is 20.8 Å². The van der Waals surface area contributed by atoms with Crippen molar-refractivity contribution in [2.75, 3.05) is 5.32 Å². The minimum Gasteiger partial charge on any atom is -0.361 e. The molecule has 2 aromatic heterocycles. The molecular weight excluding hydrogens is 463 g/mol. The molecule has 4 aromatic rings. The van der Waals surface area contributed by atoms with Gasteiger partial charge >= 0.3 is 0 Å². The molecule has 0 atom stereocenters. The molecule has 0 saturated carbocycles. The second kappa shape index (κ2) is 9.21. The van der Waals surface area contributed by atoms with Crippen LogP contribution in [0.5, 0.6) is 0 Å². The average molecular weight is 483 g/mol. The van der Waals surface area contributed by atoms with Crippen LogP contribution in [0.4, 0.5) is 5.69 Å². The molecule has 2 aromatic carbocycles. The number of carbonyl (C=O) groups excluding carboxylic acids is 2. The molecule has 168 valence electrons. The summed E-state index contributed by atoms with van der Waals surface area (Å²) in [6.07, 6.45) is 0. The van der Waals surface area contributed by atoms with Crippen molar-refractivity contribution < 1.29 is 14.1 Å². The molecule has 0 aliphatic heterocycles. The topological polar surface area (TPSA) is 90.0 Å². The highest BCUT2D eigenvalue weighted by Crippen LogP contribution is 2.26. The molecular formula is C24H20Cl2N4O3. The Balaban J connectivity index is 1.65. The third kappa shape index (κ3) is 4.55. The smallest absolute Gasteiger partial charge is 0.278 e. The second-order valence-electron chi connectivity index (χ2n) is 7.55. The van der Waals surface area contributed by atoms with Gasteiger partial charge < -0.3 is 9.84 Å². The minimum atomic E-state index is -0.515. The first-order chi connectivity index (χ1) is 15.8. The zero-order valence-corrected chi connectivity index (χ0v) is 19.7. The van der Waals surface area contributed by atoms with Crippen LogP contribution in [0.1, 0.15) is 49.1 Å². The Bertz CT molecular complexity index is 1360. The standard InChI is InChI=1S/C24H20Cl2N4O3/c1-13-21(26)14(2)30(28-13)12-19-15(3)33-29-22(19)24(32)27-20-10-9-17(25)11-18(20)23(31)16-7-5-4-6-8-16/h4-11H,12H2,1-3H3,(H,27,32). The minimum absolute atomic E-state index is 0.101. The van der Waals surface area contributed by atoms with Gasteiger partial charge in [0.25, 0.3) is 5.91 Å². The lowest BCUT2D eigenvalue weighted by molar-refractivity contribution is 0.101. The highest BCUT2D eigenvalue weighted by molar-refractivity contribution is 6.32. The van der Waals surface area contributed by atoms with Crippen molar-refractivity contribution >= 4 is 40.6 Å². The molecule has 9 heteroatoms. The average Bonchev–Trinajstić information content (AvgIpc) is 3.29. The monoisotopic (exact) mass is 482 g/mol. The molecule has 0 unspecified atom stereocenters. The Morgan fingerprint density at radius 3 is 2.45 bits per heavy atom. The number of rotatable bonds is 6. The van der Waals surface area contributed by atoms with Gasteiger partial charge in [-0.2, -0.15) is 5.10 Å². The van der Waals surface area contributed by atoms with Gasteiger partial charge in [-0.1, -0.05) is 58.7 Å². The SMILES string of the molecule is Cc1nn(Cc2c(C(=O)Nc3ccc(Cl)cc3C(=O)c3ccccc3)noc2C)c(C)c1Cl. The number of benzene rings is 2. The number of nitrogens with zero attached hydrogens (tertiary/aromatic N) is 3. The summed E-state index contributed by atoms with van der Waals surface area (Å²) in [7, 11) is 0. The van der Waals surface area contributed by atoms with Gasteiger partial charge in [0.05, 0.1) is 28.6 Å². The summed E-state index contributed by atoms with van der Waals surface area (Å²) in [6.45, 7) is 5.64. The van der Waals surface area contributed by atoms with E-state index in [9.17, 15) is 9.59 Å². The lowest BCUT2D eigenvalue weighted by atomic mass is 10.0. The van der Waals surface area contributed by atoms with Crippen LogP contribution in [0.2, 0.25) is 10.0 Å². The van der Waals surface area contributed by atoms with E-state index < -0.39 is 5.91 Å². The summed E-state index contributed by atoms with van der Waals surface area (Å²) in [5.41, 5.74) is 3.21. The molecule has 4 rings (SSSR count). The van der Waals surface area contributed by atoms with Crippen molar-refractivity contribution in [2.24, 2.45) is 0 Å². The fourth-order valence-corrected chi connectivity index (χ4v) is 3.78. The number of aromatic nitrogens is 3. The van der Waals surface area contributed by atoms with Gasteiger partial charge in [-0.25, -0.2) is 0 Å². The maximum absolute atomic E-state index is 13.2. The number of aryl methyl sites for hydroxylation is 2. The van der Waals surface area contributed by atoms with Gasteiger partial charge in [0.15, 0.2) is 11.5 Å². The van der Waals surface area contributed by atoms with E-state index in [0.717, 1.165) is 5.69 Å². The van der Waals surface area contributed by atoms with Crippen LogP contribution in [0.15, 0.2) is 53.1 Å². The van der Waals surface area contributed by atoms with E-state index in [4.69, 9.17) is 27.7 Å². The number of nitrogens with one attached hydrogen (secondary N) is 1. The normalized spacial score (nSPS) is 10.9. The number of ketones is 1. The Hall–Kier alpha value is -3.42. The van der Waals surface area contributed by atoms with Gasteiger partial charge in [0.1, 0.15) is 5.76 Å². The van der Waals surface area contributed by atoms with Crippen LogP contribution in [-0.4, -0.2) is 26.6 Å². The summed E-state index contributed by atoms with van der Waals surface area (Å²) in [5, 5.41) is 12.1. The van der Waals surface area contributed by atoms with E-state index in [2.05, 4.69) is 15.6 Å². The summed E-state index contributed by atoms with van der Waals surface area (Å²) in [5.74, 6) is -0.290. The lowest BCUT2D eigenvalue weighted by Gasteiger charge is -2.11. The van der Waals surface area contributed by atoms with Crippen molar-refractivity contribution in [1.29, 1.82) is 0 Å². The Kier molecular flexibility index (Phi) is 6.35. The third-order valence-electron chi connectivity index (χ3n) is 5.31. The molecule has 2 heterocycles. The van der Waals surface area contributed by atoms with Crippen LogP contribution in [0.3, 0.4) is 0 Å². The molecule has 0 saturated heterocycles. The van der Waals surface area contributed by atoms with Gasteiger partial charge in [0, 0.05) is 21.7 Å². The first kappa shape index (κ1) is 22.8. The highest BCUT2D eigenvalue weighted by Gasteiger charge is 2.24. The fourth-order valence-electron chi connectivity index (χ4n) is 3.47. The molecule has 0 radical (unpaired) electrons. The maximum atomic E-state index is 13.2. The number of hydrogen-bond acceptors (Lipinski definition) is 5. The molecule has 0 bridgehead atoms. The molecule has 1 amide bonds. The predicted molar refractivity (Wildman–Crippen MR) is 126 cm³/mol. The summed E-state index contributed by atoms with van der Waals surface area (Å²) in [6, 6.07) is 13.5.